The zero-order valence-electron chi connectivity index (χ0n) is 11.3. The van der Waals surface area contributed by atoms with Crippen LogP contribution in [0.15, 0.2) is 36.7 Å². The summed E-state index contributed by atoms with van der Waals surface area (Å²) in [4.78, 5) is 4.25. The lowest BCUT2D eigenvalue weighted by Crippen LogP contribution is -2.36. The van der Waals surface area contributed by atoms with E-state index < -0.39 is 5.54 Å². The fourth-order valence-electron chi connectivity index (χ4n) is 2.07. The molecule has 4 nitrogen and oxygen atoms in total. The van der Waals surface area contributed by atoms with Crippen molar-refractivity contribution < 1.29 is 0 Å². The summed E-state index contributed by atoms with van der Waals surface area (Å²) in [5.41, 5.74) is 8.26. The van der Waals surface area contributed by atoms with E-state index in [0.717, 1.165) is 17.0 Å². The largest absolute Gasteiger partial charge is 0.334 e. The van der Waals surface area contributed by atoms with Gasteiger partial charge in [0.05, 0.1) is 18.1 Å². The van der Waals surface area contributed by atoms with E-state index in [1.807, 2.05) is 48.7 Å². The van der Waals surface area contributed by atoms with Gasteiger partial charge in [0, 0.05) is 18.7 Å². The summed E-state index contributed by atoms with van der Waals surface area (Å²) in [7, 11) is 0. The molecule has 1 aromatic heterocycles. The van der Waals surface area contributed by atoms with Crippen LogP contribution in [0.2, 0.25) is 0 Å². The van der Waals surface area contributed by atoms with Crippen LogP contribution in [0.25, 0.3) is 0 Å². The molecular formula is C15H18N4. The minimum absolute atomic E-state index is 0.560. The maximum absolute atomic E-state index is 9.39. The number of hydrogen-bond donors (Lipinski definition) is 1. The van der Waals surface area contributed by atoms with Gasteiger partial charge in [0.2, 0.25) is 0 Å². The van der Waals surface area contributed by atoms with Crippen LogP contribution in [0.1, 0.15) is 23.4 Å². The molecule has 1 heterocycles. The summed E-state index contributed by atoms with van der Waals surface area (Å²) in [6.07, 6.45) is 2.36. The molecule has 4 heteroatoms. The molecule has 0 saturated heterocycles. The van der Waals surface area contributed by atoms with Gasteiger partial charge < -0.3 is 10.3 Å². The molecule has 0 aliphatic rings. The van der Waals surface area contributed by atoms with Crippen molar-refractivity contribution in [1.82, 2.24) is 9.55 Å². The highest BCUT2D eigenvalue weighted by molar-refractivity contribution is 5.30. The van der Waals surface area contributed by atoms with Gasteiger partial charge in [-0.15, -0.1) is 0 Å². The molecule has 1 aromatic carbocycles. The Bertz CT molecular complexity index is 594. The molecule has 0 spiro atoms. The van der Waals surface area contributed by atoms with E-state index in [1.54, 1.807) is 6.33 Å². The van der Waals surface area contributed by atoms with E-state index in [0.29, 0.717) is 13.0 Å². The van der Waals surface area contributed by atoms with Crippen molar-refractivity contribution in [2.24, 2.45) is 5.73 Å². The van der Waals surface area contributed by atoms with Crippen LogP contribution < -0.4 is 5.73 Å². The Labute approximate surface area is 113 Å². The van der Waals surface area contributed by atoms with Crippen LogP contribution in [0.4, 0.5) is 0 Å². The first kappa shape index (κ1) is 13.3. The number of imidazole rings is 1. The van der Waals surface area contributed by atoms with Crippen LogP contribution in [0, 0.1) is 25.2 Å². The molecule has 0 radical (unpaired) electrons. The van der Waals surface area contributed by atoms with Crippen LogP contribution in [0.3, 0.4) is 0 Å². The lowest BCUT2D eigenvalue weighted by molar-refractivity contribution is 0.468. The number of nitrogens with two attached hydrogens (primary N) is 1. The van der Waals surface area contributed by atoms with Gasteiger partial charge >= 0.3 is 0 Å². The Kier molecular flexibility index (Phi) is 3.68. The predicted molar refractivity (Wildman–Crippen MR) is 74.2 cm³/mol. The summed E-state index contributed by atoms with van der Waals surface area (Å²) in [5, 5.41) is 9.39. The highest BCUT2D eigenvalue weighted by atomic mass is 15.1. The van der Waals surface area contributed by atoms with E-state index in [2.05, 4.69) is 11.1 Å². The van der Waals surface area contributed by atoms with Crippen molar-refractivity contribution in [3.8, 4) is 6.07 Å². The minimum Gasteiger partial charge on any atom is -0.334 e. The number of nitriles is 1. The van der Waals surface area contributed by atoms with E-state index in [9.17, 15) is 5.26 Å². The molecule has 0 saturated carbocycles. The van der Waals surface area contributed by atoms with Crippen molar-refractivity contribution in [2.45, 2.75) is 32.4 Å². The number of rotatable bonds is 4. The van der Waals surface area contributed by atoms with Gasteiger partial charge in [-0.2, -0.15) is 5.26 Å². The maximum atomic E-state index is 9.39. The predicted octanol–water partition coefficient (Wildman–Crippen LogP) is 2.27. The van der Waals surface area contributed by atoms with Gasteiger partial charge in [0.1, 0.15) is 5.54 Å². The third kappa shape index (κ3) is 2.67. The van der Waals surface area contributed by atoms with Crippen molar-refractivity contribution in [2.75, 3.05) is 0 Å². The maximum Gasteiger partial charge on any atom is 0.131 e. The minimum atomic E-state index is -0.953. The van der Waals surface area contributed by atoms with Crippen molar-refractivity contribution >= 4 is 0 Å². The number of aryl methyl sites for hydroxylation is 2. The molecule has 0 aliphatic carbocycles. The summed E-state index contributed by atoms with van der Waals surface area (Å²) < 4.78 is 2.04. The highest BCUT2D eigenvalue weighted by Crippen LogP contribution is 2.22. The fourth-order valence-corrected chi connectivity index (χ4v) is 2.07. The average molecular weight is 254 g/mol. The van der Waals surface area contributed by atoms with Gasteiger partial charge in [-0.05, 0) is 19.4 Å². The van der Waals surface area contributed by atoms with E-state index in [1.165, 1.54) is 0 Å². The Hall–Kier alpha value is -2.12. The van der Waals surface area contributed by atoms with Gasteiger partial charge in [-0.1, -0.05) is 30.3 Å². The van der Waals surface area contributed by atoms with E-state index in [4.69, 9.17) is 5.73 Å². The Morgan fingerprint density at radius 3 is 2.53 bits per heavy atom. The van der Waals surface area contributed by atoms with E-state index >= 15 is 0 Å². The van der Waals surface area contributed by atoms with Gasteiger partial charge in [-0.3, -0.25) is 0 Å². The molecule has 0 aliphatic heterocycles. The van der Waals surface area contributed by atoms with Crippen molar-refractivity contribution in [3.05, 3.63) is 53.6 Å². The van der Waals surface area contributed by atoms with E-state index in [-0.39, 0.29) is 0 Å². The van der Waals surface area contributed by atoms with Crippen molar-refractivity contribution in [3.63, 3.8) is 0 Å². The first-order valence-electron chi connectivity index (χ1n) is 6.31. The quantitative estimate of drug-likeness (QED) is 0.910. The Morgan fingerprint density at radius 2 is 2.00 bits per heavy atom. The summed E-state index contributed by atoms with van der Waals surface area (Å²) in [6.45, 7) is 4.68. The van der Waals surface area contributed by atoms with Crippen LogP contribution in [-0.2, 0) is 12.1 Å². The monoisotopic (exact) mass is 254 g/mol. The third-order valence-corrected chi connectivity index (χ3v) is 3.58. The number of hydrogen-bond acceptors (Lipinski definition) is 3. The van der Waals surface area contributed by atoms with Gasteiger partial charge in [0.15, 0.2) is 0 Å². The standard InChI is InChI=1S/C15H18N4/c1-12-13(2)19(11-18-12)9-8-15(17,10-16)14-6-4-3-5-7-14/h3-7,11H,8-9,17H2,1-2H3. The van der Waals surface area contributed by atoms with Crippen LogP contribution >= 0.6 is 0 Å². The zero-order chi connectivity index (χ0) is 13.9. The smallest absolute Gasteiger partial charge is 0.131 e. The molecule has 2 rings (SSSR count). The second-order valence-electron chi connectivity index (χ2n) is 4.81. The lowest BCUT2D eigenvalue weighted by atomic mass is 9.89. The normalized spacial score (nSPS) is 13.8. The van der Waals surface area contributed by atoms with Crippen LogP contribution in [0.5, 0.6) is 0 Å². The Balaban J connectivity index is 2.17. The fraction of sp³-hybridized carbons (Fsp3) is 0.333. The molecule has 0 bridgehead atoms. The molecule has 2 aromatic rings. The first-order valence-corrected chi connectivity index (χ1v) is 6.31. The lowest BCUT2D eigenvalue weighted by Gasteiger charge is -2.22. The number of aromatic nitrogens is 2. The number of benzene rings is 1. The Morgan fingerprint density at radius 1 is 1.32 bits per heavy atom. The molecule has 98 valence electrons. The van der Waals surface area contributed by atoms with Gasteiger partial charge in [0.25, 0.3) is 0 Å². The SMILES string of the molecule is Cc1ncn(CCC(N)(C#N)c2ccccc2)c1C. The summed E-state index contributed by atoms with van der Waals surface area (Å²) in [5.74, 6) is 0. The third-order valence-electron chi connectivity index (χ3n) is 3.58. The van der Waals surface area contributed by atoms with Gasteiger partial charge in [-0.25, -0.2) is 4.98 Å². The second-order valence-corrected chi connectivity index (χ2v) is 4.81. The van der Waals surface area contributed by atoms with Crippen molar-refractivity contribution in [1.29, 1.82) is 5.26 Å². The molecular weight excluding hydrogens is 236 g/mol. The molecule has 2 N–H and O–H groups in total. The number of nitrogens with zero attached hydrogens (tertiary/aromatic N) is 3. The van der Waals surface area contributed by atoms with Crippen LogP contribution in [-0.4, -0.2) is 9.55 Å². The molecule has 19 heavy (non-hydrogen) atoms. The summed E-state index contributed by atoms with van der Waals surface area (Å²) >= 11 is 0. The second kappa shape index (κ2) is 5.25. The topological polar surface area (TPSA) is 67.6 Å². The molecule has 1 atom stereocenters. The molecule has 0 fully saturated rings. The zero-order valence-corrected chi connectivity index (χ0v) is 11.3. The first-order chi connectivity index (χ1) is 9.07. The summed E-state index contributed by atoms with van der Waals surface area (Å²) in [6, 6.07) is 11.8. The average Bonchev–Trinajstić information content (AvgIpc) is 2.77. The highest BCUT2D eigenvalue weighted by Gasteiger charge is 2.26. The molecule has 0 amide bonds. The molecule has 1 unspecified atom stereocenters.